The minimum atomic E-state index is -0.452. The van der Waals surface area contributed by atoms with E-state index >= 15 is 0 Å². The van der Waals surface area contributed by atoms with Crippen molar-refractivity contribution < 1.29 is 9.50 Å². The molecule has 2 N–H and O–H groups in total. The van der Waals surface area contributed by atoms with Gasteiger partial charge in [-0.2, -0.15) is 0 Å². The first-order valence-corrected chi connectivity index (χ1v) is 9.96. The van der Waals surface area contributed by atoms with Crippen LogP contribution in [0.2, 0.25) is 0 Å². The summed E-state index contributed by atoms with van der Waals surface area (Å²) in [6.45, 7) is 9.18. The second kappa shape index (κ2) is 8.34. The molecule has 0 saturated carbocycles. The molecule has 0 unspecified atom stereocenters. The molecule has 4 aromatic rings. The lowest BCUT2D eigenvalue weighted by atomic mass is 10.1. The Bertz CT molecular complexity index is 1300. The van der Waals surface area contributed by atoms with Crippen molar-refractivity contribution in [3.8, 4) is 11.3 Å². The van der Waals surface area contributed by atoms with Gasteiger partial charge in [-0.15, -0.1) is 0 Å². The number of anilines is 1. The number of hydrogen-bond acceptors (Lipinski definition) is 5. The van der Waals surface area contributed by atoms with E-state index in [1.165, 1.54) is 12.1 Å². The van der Waals surface area contributed by atoms with Gasteiger partial charge >= 0.3 is 0 Å². The Labute approximate surface area is 179 Å². The van der Waals surface area contributed by atoms with Crippen molar-refractivity contribution in [2.45, 2.75) is 6.54 Å². The molecular weight excluding hydrogens is 397 g/mol. The summed E-state index contributed by atoms with van der Waals surface area (Å²) >= 11 is 0. The van der Waals surface area contributed by atoms with Crippen LogP contribution in [-0.4, -0.2) is 62.9 Å². The second-order valence-corrected chi connectivity index (χ2v) is 7.52. The van der Waals surface area contributed by atoms with Crippen molar-refractivity contribution in [3.05, 3.63) is 47.8 Å². The fourth-order valence-electron chi connectivity index (χ4n) is 3.89. The van der Waals surface area contributed by atoms with Crippen molar-refractivity contribution in [1.82, 2.24) is 24.0 Å². The summed E-state index contributed by atoms with van der Waals surface area (Å²) in [5.74, 6) is 0.214. The normalized spacial score (nSPS) is 11.5. The number of benzene rings is 1. The van der Waals surface area contributed by atoms with Crippen LogP contribution in [-0.2, 0) is 13.6 Å². The molecular formula is C22H24FN7O. The van der Waals surface area contributed by atoms with Crippen molar-refractivity contribution >= 4 is 33.6 Å². The minimum Gasteiger partial charge on any atom is -0.395 e. The van der Waals surface area contributed by atoms with Crippen LogP contribution in [0.5, 0.6) is 0 Å². The number of rotatable bonds is 7. The minimum absolute atomic E-state index is 0.0752. The lowest BCUT2D eigenvalue weighted by molar-refractivity contribution is 0.218. The Hall–Kier alpha value is -3.48. The Morgan fingerprint density at radius 3 is 2.77 bits per heavy atom. The van der Waals surface area contributed by atoms with Gasteiger partial charge < -0.3 is 24.5 Å². The summed E-state index contributed by atoms with van der Waals surface area (Å²) in [5, 5.41) is 13.3. The van der Waals surface area contributed by atoms with Gasteiger partial charge in [0.15, 0.2) is 11.5 Å². The highest BCUT2D eigenvalue weighted by atomic mass is 19.1. The van der Waals surface area contributed by atoms with Gasteiger partial charge in [-0.25, -0.2) is 19.2 Å². The average molecular weight is 421 g/mol. The van der Waals surface area contributed by atoms with E-state index in [2.05, 4.69) is 15.1 Å². The molecule has 8 nitrogen and oxygen atoms in total. The lowest BCUT2D eigenvalue weighted by Gasteiger charge is -2.18. The Kier molecular flexibility index (Phi) is 5.59. The number of aliphatic hydroxyl groups is 1. The number of pyridine rings is 1. The molecule has 0 aliphatic rings. The van der Waals surface area contributed by atoms with Crippen LogP contribution < -0.4 is 5.32 Å². The first-order chi connectivity index (χ1) is 15.0. The first kappa shape index (κ1) is 20.8. The van der Waals surface area contributed by atoms with E-state index in [0.717, 1.165) is 27.8 Å². The standard InChI is InChI=1S/C22H24FN7O/c1-24-16-10-14(9-15(23)11-16)18-12-17-20-19(26-13-29(20)4)21(25-2)27-22(17)30(18)6-5-28(3)7-8-31/h9-13,31H,5-8H2,2-4H3,(H,25,27). The zero-order valence-electron chi connectivity index (χ0n) is 17.7. The smallest absolute Gasteiger partial charge is 0.190 e. The molecule has 0 aliphatic carbocycles. The number of halogens is 1. The molecule has 0 fully saturated rings. The highest BCUT2D eigenvalue weighted by Crippen LogP contribution is 2.35. The third-order valence-corrected chi connectivity index (χ3v) is 5.43. The number of imidazole rings is 1. The maximum Gasteiger partial charge on any atom is 0.190 e. The summed E-state index contributed by atoms with van der Waals surface area (Å²) in [6, 6.07) is 6.35. The zero-order chi connectivity index (χ0) is 22.1. The van der Waals surface area contributed by atoms with Gasteiger partial charge in [0.25, 0.3) is 0 Å². The predicted octanol–water partition coefficient (Wildman–Crippen LogP) is 3.25. The highest BCUT2D eigenvalue weighted by molar-refractivity contribution is 6.07. The summed E-state index contributed by atoms with van der Waals surface area (Å²) in [5.41, 5.74) is 4.09. The summed E-state index contributed by atoms with van der Waals surface area (Å²) in [7, 11) is 5.67. The van der Waals surface area contributed by atoms with Gasteiger partial charge in [0.05, 0.1) is 25.0 Å². The number of aromatic nitrogens is 4. The number of nitrogens with one attached hydrogen (secondary N) is 1. The van der Waals surface area contributed by atoms with Gasteiger partial charge in [0, 0.05) is 44.8 Å². The number of hydrogen-bond donors (Lipinski definition) is 2. The van der Waals surface area contributed by atoms with E-state index in [4.69, 9.17) is 11.6 Å². The maximum atomic E-state index is 14.3. The van der Waals surface area contributed by atoms with Gasteiger partial charge in [-0.05, 0) is 36.9 Å². The van der Waals surface area contributed by atoms with E-state index in [0.29, 0.717) is 31.0 Å². The molecule has 0 aliphatic heterocycles. The fraction of sp³-hybridized carbons (Fsp3) is 0.318. The molecule has 0 spiro atoms. The number of aliphatic hydroxyl groups excluding tert-OH is 1. The van der Waals surface area contributed by atoms with Crippen LogP contribution in [0.4, 0.5) is 15.9 Å². The van der Waals surface area contributed by atoms with Crippen molar-refractivity contribution in [3.63, 3.8) is 0 Å². The lowest BCUT2D eigenvalue weighted by Crippen LogP contribution is -2.26. The number of fused-ring (bicyclic) bond motifs is 3. The van der Waals surface area contributed by atoms with Crippen molar-refractivity contribution in [2.24, 2.45) is 7.05 Å². The molecule has 0 bridgehead atoms. The van der Waals surface area contributed by atoms with Crippen molar-refractivity contribution in [1.29, 1.82) is 0 Å². The van der Waals surface area contributed by atoms with Gasteiger partial charge in [-0.1, -0.05) is 0 Å². The molecule has 31 heavy (non-hydrogen) atoms. The second-order valence-electron chi connectivity index (χ2n) is 7.52. The predicted molar refractivity (Wildman–Crippen MR) is 120 cm³/mol. The molecule has 9 heteroatoms. The number of likely N-dealkylation sites (N-methyl/N-ethyl adjacent to an activating group) is 1. The van der Waals surface area contributed by atoms with E-state index in [9.17, 15) is 9.50 Å². The third-order valence-electron chi connectivity index (χ3n) is 5.43. The highest BCUT2D eigenvalue weighted by Gasteiger charge is 2.20. The number of nitrogens with zero attached hydrogens (tertiary/aromatic N) is 6. The molecule has 0 saturated heterocycles. The summed E-state index contributed by atoms with van der Waals surface area (Å²) < 4.78 is 18.2. The van der Waals surface area contributed by atoms with Crippen LogP contribution in [0.15, 0.2) is 30.6 Å². The molecule has 3 heterocycles. The Morgan fingerprint density at radius 2 is 2.06 bits per heavy atom. The number of aryl methyl sites for hydroxylation is 1. The van der Waals surface area contributed by atoms with E-state index in [1.54, 1.807) is 19.4 Å². The monoisotopic (exact) mass is 421 g/mol. The SMILES string of the molecule is [C-]#[N+]c1cc(F)cc(-c2cc3c4c(ncn4C)c(NC)nc3n2CCN(C)CCO)c1. The fourth-order valence-corrected chi connectivity index (χ4v) is 3.89. The molecule has 1 aromatic carbocycles. The van der Waals surface area contributed by atoms with Crippen LogP contribution in [0.25, 0.3) is 38.2 Å². The van der Waals surface area contributed by atoms with Crippen LogP contribution >= 0.6 is 0 Å². The van der Waals surface area contributed by atoms with Gasteiger partial charge in [-0.3, -0.25) is 0 Å². The van der Waals surface area contributed by atoms with E-state index in [1.807, 2.05) is 34.2 Å². The topological polar surface area (TPSA) is 75.5 Å². The Morgan fingerprint density at radius 1 is 1.26 bits per heavy atom. The van der Waals surface area contributed by atoms with Crippen LogP contribution in [0.1, 0.15) is 0 Å². The molecule has 3 aromatic heterocycles. The summed E-state index contributed by atoms with van der Waals surface area (Å²) in [6.07, 6.45) is 1.75. The van der Waals surface area contributed by atoms with Gasteiger partial charge in [0.1, 0.15) is 17.0 Å². The first-order valence-electron chi connectivity index (χ1n) is 9.96. The Balaban J connectivity index is 1.99. The molecule has 0 atom stereocenters. The largest absolute Gasteiger partial charge is 0.395 e. The third kappa shape index (κ3) is 3.71. The zero-order valence-corrected chi connectivity index (χ0v) is 17.7. The van der Waals surface area contributed by atoms with E-state index < -0.39 is 5.82 Å². The molecule has 160 valence electrons. The van der Waals surface area contributed by atoms with Crippen LogP contribution in [0.3, 0.4) is 0 Å². The molecule has 0 radical (unpaired) electrons. The quantitative estimate of drug-likeness (QED) is 0.448. The van der Waals surface area contributed by atoms with Gasteiger partial charge in [0.2, 0.25) is 0 Å². The average Bonchev–Trinajstić information content (AvgIpc) is 3.32. The molecule has 0 amide bonds. The molecule has 4 rings (SSSR count). The summed E-state index contributed by atoms with van der Waals surface area (Å²) in [4.78, 5) is 14.7. The van der Waals surface area contributed by atoms with E-state index in [-0.39, 0.29) is 12.3 Å². The van der Waals surface area contributed by atoms with Crippen molar-refractivity contribution in [2.75, 3.05) is 39.1 Å². The van der Waals surface area contributed by atoms with Crippen LogP contribution in [0, 0.1) is 12.4 Å². The maximum absolute atomic E-state index is 14.3.